The molecule has 62 heavy (non-hydrogen) atoms. The van der Waals surface area contributed by atoms with Crippen molar-refractivity contribution in [3.63, 3.8) is 0 Å². The second kappa shape index (κ2) is 13.3. The molecule has 0 amide bonds. The Morgan fingerprint density at radius 2 is 0.742 bits per heavy atom. The molecule has 0 unspecified atom stereocenters. The molecule has 290 valence electrons. The summed E-state index contributed by atoms with van der Waals surface area (Å²) in [7, 11) is 0. The molecule has 0 aliphatic carbocycles. The van der Waals surface area contributed by atoms with E-state index >= 15 is 0 Å². The van der Waals surface area contributed by atoms with Crippen molar-refractivity contribution in [2.45, 2.75) is 0 Å². The van der Waals surface area contributed by atoms with Gasteiger partial charge in [-0.25, -0.2) is 14.2 Å². The minimum absolute atomic E-state index is 0.145. The van der Waals surface area contributed by atoms with E-state index in [4.69, 9.17) is 4.98 Å². The van der Waals surface area contributed by atoms with Crippen molar-refractivity contribution >= 4 is 71.2 Å². The molecule has 4 aromatic heterocycles. The molecule has 0 fully saturated rings. The highest BCUT2D eigenvalue weighted by molar-refractivity contribution is 6.13. The number of hydrogen-bond acceptors (Lipinski definition) is 2. The summed E-state index contributed by atoms with van der Waals surface area (Å²) in [6.45, 7) is 0. The minimum Gasteiger partial charge on any atom is -0.309 e. The van der Waals surface area contributed by atoms with E-state index < -0.39 is 0 Å². The molecule has 9 aromatic carbocycles. The zero-order valence-corrected chi connectivity index (χ0v) is 33.4. The van der Waals surface area contributed by atoms with Gasteiger partial charge in [-0.05, 0) is 119 Å². The third-order valence-corrected chi connectivity index (χ3v) is 12.6. The number of benzene rings is 9. The molecule has 0 aliphatic rings. The molecule has 13 aromatic rings. The largest absolute Gasteiger partial charge is 0.339 e. The fourth-order valence-electron chi connectivity index (χ4n) is 9.78. The molecule has 0 bridgehead atoms. The van der Waals surface area contributed by atoms with E-state index in [-0.39, 0.29) is 5.69 Å². The summed E-state index contributed by atoms with van der Waals surface area (Å²) >= 11 is 0. The first-order valence-corrected chi connectivity index (χ1v) is 20.9. The number of para-hydroxylation sites is 6. The lowest BCUT2D eigenvalue weighted by molar-refractivity contribution is 0.932. The molecule has 13 rings (SSSR count). The molecular formula is C56H35N5O. The van der Waals surface area contributed by atoms with Crippen molar-refractivity contribution in [3.8, 4) is 39.3 Å². The topological polar surface area (TPSA) is 49.2 Å². The van der Waals surface area contributed by atoms with E-state index in [1.165, 1.54) is 43.7 Å². The van der Waals surface area contributed by atoms with Gasteiger partial charge < -0.3 is 9.13 Å². The number of imidazole rings is 1. The molecule has 0 saturated carbocycles. The maximum atomic E-state index is 14.3. The first-order chi connectivity index (χ1) is 30.7. The fraction of sp³-hybridized carbons (Fsp3) is 0. The van der Waals surface area contributed by atoms with E-state index in [0.29, 0.717) is 5.65 Å². The lowest BCUT2D eigenvalue weighted by Crippen LogP contribution is -2.25. The van der Waals surface area contributed by atoms with Crippen LogP contribution >= 0.6 is 0 Å². The van der Waals surface area contributed by atoms with Crippen LogP contribution in [0.4, 0.5) is 0 Å². The van der Waals surface area contributed by atoms with Gasteiger partial charge in [0.05, 0.1) is 44.3 Å². The minimum atomic E-state index is -0.145. The Bertz CT molecular complexity index is 4000. The summed E-state index contributed by atoms with van der Waals surface area (Å²) in [6, 6.07) is 74.5. The summed E-state index contributed by atoms with van der Waals surface area (Å²) in [5.41, 5.74) is 15.1. The maximum Gasteiger partial charge on any atom is 0.339 e. The third-order valence-electron chi connectivity index (χ3n) is 12.6. The third kappa shape index (κ3) is 5.04. The van der Waals surface area contributed by atoms with E-state index in [0.717, 1.165) is 61.2 Å². The van der Waals surface area contributed by atoms with Crippen LogP contribution in [0.2, 0.25) is 0 Å². The van der Waals surface area contributed by atoms with Gasteiger partial charge >= 0.3 is 5.69 Å². The van der Waals surface area contributed by atoms with Gasteiger partial charge in [-0.1, -0.05) is 115 Å². The number of rotatable bonds is 5. The first kappa shape index (κ1) is 34.4. The van der Waals surface area contributed by atoms with Gasteiger partial charge in [-0.2, -0.15) is 0 Å². The van der Waals surface area contributed by atoms with Crippen molar-refractivity contribution < 1.29 is 0 Å². The number of hydrogen-bond donors (Lipinski definition) is 0. The maximum absolute atomic E-state index is 14.3. The lowest BCUT2D eigenvalue weighted by Gasteiger charge is -2.14. The zero-order chi connectivity index (χ0) is 40.9. The molecule has 0 spiro atoms. The predicted molar refractivity (Wildman–Crippen MR) is 255 cm³/mol. The van der Waals surface area contributed by atoms with Crippen LogP contribution in [-0.2, 0) is 0 Å². The fourth-order valence-corrected chi connectivity index (χ4v) is 9.78. The van der Waals surface area contributed by atoms with E-state index in [1.54, 1.807) is 8.97 Å². The van der Waals surface area contributed by atoms with Gasteiger partial charge in [-0.3, -0.25) is 4.57 Å². The molecule has 6 heteroatoms. The molecule has 0 radical (unpaired) electrons. The van der Waals surface area contributed by atoms with Crippen LogP contribution in [0.25, 0.3) is 111 Å². The second-order valence-corrected chi connectivity index (χ2v) is 16.0. The molecular weight excluding hydrogens is 759 g/mol. The van der Waals surface area contributed by atoms with Crippen LogP contribution in [-0.4, -0.2) is 23.1 Å². The molecule has 0 aliphatic heterocycles. The van der Waals surface area contributed by atoms with Crippen molar-refractivity contribution in [2.24, 2.45) is 0 Å². The summed E-state index contributed by atoms with van der Waals surface area (Å²) in [4.78, 5) is 19.3. The highest BCUT2D eigenvalue weighted by Crippen LogP contribution is 2.39. The van der Waals surface area contributed by atoms with Crippen LogP contribution in [0, 0.1) is 0 Å². The summed E-state index contributed by atoms with van der Waals surface area (Å²) < 4.78 is 8.28. The van der Waals surface area contributed by atoms with Crippen LogP contribution in [0.3, 0.4) is 0 Å². The van der Waals surface area contributed by atoms with E-state index in [9.17, 15) is 4.79 Å². The predicted octanol–water partition coefficient (Wildman–Crippen LogP) is 13.3. The van der Waals surface area contributed by atoms with Crippen molar-refractivity contribution in [1.29, 1.82) is 0 Å². The smallest absolute Gasteiger partial charge is 0.309 e. The van der Waals surface area contributed by atoms with Gasteiger partial charge in [0.2, 0.25) is 0 Å². The van der Waals surface area contributed by atoms with Crippen LogP contribution in [0.15, 0.2) is 217 Å². The SMILES string of the molecule is O=c1n(-c2ccccc2)c2ccc(-c3cccc(-n4c5ccccc5c5cc(-c6ccc7c(c6)c6ccccc6n7-c6ccccc6)ccc54)c3)cc2c2nc3ccccc3n12. The Hall–Kier alpha value is -8.48. The van der Waals surface area contributed by atoms with Crippen molar-refractivity contribution in [1.82, 2.24) is 23.1 Å². The highest BCUT2D eigenvalue weighted by atomic mass is 16.1. The van der Waals surface area contributed by atoms with Gasteiger partial charge in [-0.15, -0.1) is 0 Å². The van der Waals surface area contributed by atoms with Crippen molar-refractivity contribution in [3.05, 3.63) is 223 Å². The number of nitrogens with zero attached hydrogens (tertiary/aromatic N) is 5. The Kier molecular flexibility index (Phi) is 7.36. The van der Waals surface area contributed by atoms with Crippen LogP contribution in [0.1, 0.15) is 0 Å². The van der Waals surface area contributed by atoms with Crippen LogP contribution < -0.4 is 5.69 Å². The molecule has 0 atom stereocenters. The van der Waals surface area contributed by atoms with Crippen molar-refractivity contribution in [2.75, 3.05) is 0 Å². The Balaban J connectivity index is 0.959. The standard InChI is InChI=1S/C56H35N5O/c62-56-60(41-17-5-2-6-18-41)53-31-28-39(35-47(53)55-57-48-22-9-12-25-54(48)61(55)56)36-14-13-19-42(32-36)59-50-24-11-8-21-44(50)46-34-38(27-30-52(46)59)37-26-29-51-45(33-37)43-20-7-10-23-49(43)58(51)40-15-3-1-4-16-40/h1-35H. The Morgan fingerprint density at radius 1 is 0.306 bits per heavy atom. The van der Waals surface area contributed by atoms with Crippen LogP contribution in [0.5, 0.6) is 0 Å². The van der Waals surface area contributed by atoms with Gasteiger partial charge in [0.15, 0.2) is 5.65 Å². The monoisotopic (exact) mass is 793 g/mol. The number of fused-ring (bicyclic) bond motifs is 11. The molecule has 0 N–H and O–H groups in total. The summed E-state index contributed by atoms with van der Waals surface area (Å²) in [5.74, 6) is 0. The zero-order valence-electron chi connectivity index (χ0n) is 33.4. The number of aromatic nitrogens is 5. The Labute approximate surface area is 355 Å². The van der Waals surface area contributed by atoms with E-state index in [1.807, 2.05) is 54.6 Å². The highest BCUT2D eigenvalue weighted by Gasteiger charge is 2.19. The average Bonchev–Trinajstić information content (AvgIpc) is 4.00. The van der Waals surface area contributed by atoms with Gasteiger partial charge in [0, 0.05) is 38.3 Å². The summed E-state index contributed by atoms with van der Waals surface area (Å²) in [6.07, 6.45) is 0. The molecule has 6 nitrogen and oxygen atoms in total. The van der Waals surface area contributed by atoms with E-state index in [2.05, 4.69) is 167 Å². The quantitative estimate of drug-likeness (QED) is 0.174. The first-order valence-electron chi connectivity index (χ1n) is 20.9. The normalized spacial score (nSPS) is 11.9. The molecule has 4 heterocycles. The lowest BCUT2D eigenvalue weighted by atomic mass is 10.0. The Morgan fingerprint density at radius 3 is 1.35 bits per heavy atom. The van der Waals surface area contributed by atoms with Gasteiger partial charge in [0.25, 0.3) is 0 Å². The summed E-state index contributed by atoms with van der Waals surface area (Å²) in [5, 5.41) is 5.79. The average molecular weight is 794 g/mol. The second-order valence-electron chi connectivity index (χ2n) is 16.0. The molecule has 0 saturated heterocycles. The van der Waals surface area contributed by atoms with Gasteiger partial charge in [0.1, 0.15) is 0 Å².